The predicted octanol–water partition coefficient (Wildman–Crippen LogP) is 2.57. The van der Waals surface area contributed by atoms with Gasteiger partial charge >= 0.3 is 5.97 Å². The minimum Gasteiger partial charge on any atom is -0.462 e. The lowest BCUT2D eigenvalue weighted by molar-refractivity contribution is -0.121. The predicted molar refractivity (Wildman–Crippen MR) is 108 cm³/mol. The molecule has 1 aromatic carbocycles. The van der Waals surface area contributed by atoms with E-state index < -0.39 is 5.97 Å². The van der Waals surface area contributed by atoms with Gasteiger partial charge < -0.3 is 10.1 Å². The number of ether oxygens (including phenoxy) is 1. The fourth-order valence-corrected chi connectivity index (χ4v) is 3.81. The molecule has 0 bridgehead atoms. The van der Waals surface area contributed by atoms with Gasteiger partial charge in [-0.1, -0.05) is 29.8 Å². The highest BCUT2D eigenvalue weighted by atomic mass is 32.1. The number of thiophene rings is 1. The molecule has 1 amide bonds. The lowest BCUT2D eigenvalue weighted by atomic mass is 10.1. The molecule has 0 aliphatic carbocycles. The standard InChI is InChI=1S/C20H21N3O4S/c1-4-27-20(26)17-13(3)16-18(28-17)22-11-23(19(16)25)10-15(24)21-9-14-7-5-12(2)6-8-14/h5-8,11H,4,9-10H2,1-3H3,(H,21,24). The van der Waals surface area contributed by atoms with Gasteiger partial charge in [-0.3, -0.25) is 14.2 Å². The second-order valence-corrected chi connectivity index (χ2v) is 7.40. The fraction of sp³-hybridized carbons (Fsp3) is 0.300. The number of aromatic nitrogens is 2. The molecule has 0 fully saturated rings. The lowest BCUT2D eigenvalue weighted by Crippen LogP contribution is -2.32. The Balaban J connectivity index is 1.77. The van der Waals surface area contributed by atoms with Crippen molar-refractivity contribution in [3.05, 3.63) is 62.5 Å². The summed E-state index contributed by atoms with van der Waals surface area (Å²) in [7, 11) is 0. The summed E-state index contributed by atoms with van der Waals surface area (Å²) in [6, 6.07) is 7.84. The molecule has 146 valence electrons. The summed E-state index contributed by atoms with van der Waals surface area (Å²) in [6.07, 6.45) is 1.33. The fourth-order valence-electron chi connectivity index (χ4n) is 2.78. The third-order valence-electron chi connectivity index (χ3n) is 4.30. The van der Waals surface area contributed by atoms with E-state index in [1.807, 2.05) is 31.2 Å². The van der Waals surface area contributed by atoms with Gasteiger partial charge in [-0.05, 0) is 31.9 Å². The maximum absolute atomic E-state index is 12.8. The molecule has 1 N–H and O–H groups in total. The Hall–Kier alpha value is -3.00. The number of hydrogen-bond acceptors (Lipinski definition) is 6. The molecule has 2 aromatic heterocycles. The van der Waals surface area contributed by atoms with Crippen LogP contribution in [0.15, 0.2) is 35.4 Å². The molecule has 7 nitrogen and oxygen atoms in total. The number of nitrogens with zero attached hydrogens (tertiary/aromatic N) is 2. The van der Waals surface area contributed by atoms with E-state index in [0.717, 1.165) is 22.5 Å². The summed E-state index contributed by atoms with van der Waals surface area (Å²) >= 11 is 1.12. The first kappa shape index (κ1) is 19.8. The SMILES string of the molecule is CCOC(=O)c1sc2ncn(CC(=O)NCc3ccc(C)cc3)c(=O)c2c1C. The van der Waals surface area contributed by atoms with Gasteiger partial charge in [0.25, 0.3) is 5.56 Å². The second-order valence-electron chi connectivity index (χ2n) is 6.40. The van der Waals surface area contributed by atoms with E-state index in [9.17, 15) is 14.4 Å². The Morgan fingerprint density at radius 1 is 1.21 bits per heavy atom. The molecule has 3 aromatic rings. The number of fused-ring (bicyclic) bond motifs is 1. The van der Waals surface area contributed by atoms with Gasteiger partial charge in [0, 0.05) is 6.54 Å². The monoisotopic (exact) mass is 399 g/mol. The van der Waals surface area contributed by atoms with Crippen LogP contribution in [0.2, 0.25) is 0 Å². The molecular formula is C20H21N3O4S. The van der Waals surface area contributed by atoms with Crippen molar-refractivity contribution in [2.45, 2.75) is 33.9 Å². The zero-order valence-electron chi connectivity index (χ0n) is 15.9. The van der Waals surface area contributed by atoms with Crippen molar-refractivity contribution in [1.29, 1.82) is 0 Å². The van der Waals surface area contributed by atoms with E-state index in [1.165, 1.54) is 10.9 Å². The number of amides is 1. The molecule has 2 heterocycles. The van der Waals surface area contributed by atoms with Crippen LogP contribution in [0, 0.1) is 13.8 Å². The molecule has 0 atom stereocenters. The van der Waals surface area contributed by atoms with Gasteiger partial charge in [0.15, 0.2) is 0 Å². The maximum Gasteiger partial charge on any atom is 0.348 e. The van der Waals surface area contributed by atoms with E-state index in [2.05, 4.69) is 10.3 Å². The van der Waals surface area contributed by atoms with Crippen molar-refractivity contribution >= 4 is 33.4 Å². The normalized spacial score (nSPS) is 10.8. The Bertz CT molecular complexity index is 1080. The van der Waals surface area contributed by atoms with Crippen LogP contribution < -0.4 is 10.9 Å². The van der Waals surface area contributed by atoms with Gasteiger partial charge in [0.1, 0.15) is 16.3 Å². The Morgan fingerprint density at radius 2 is 1.93 bits per heavy atom. The molecule has 0 saturated carbocycles. The number of aryl methyl sites for hydroxylation is 2. The van der Waals surface area contributed by atoms with E-state index in [4.69, 9.17) is 4.74 Å². The van der Waals surface area contributed by atoms with Crippen molar-refractivity contribution in [3.8, 4) is 0 Å². The lowest BCUT2D eigenvalue weighted by Gasteiger charge is -2.08. The molecule has 28 heavy (non-hydrogen) atoms. The van der Waals surface area contributed by atoms with E-state index in [0.29, 0.717) is 27.2 Å². The van der Waals surface area contributed by atoms with Crippen molar-refractivity contribution in [2.24, 2.45) is 0 Å². The van der Waals surface area contributed by atoms with Crippen LogP contribution in [0.25, 0.3) is 10.2 Å². The first-order valence-electron chi connectivity index (χ1n) is 8.88. The van der Waals surface area contributed by atoms with Gasteiger partial charge in [-0.25, -0.2) is 9.78 Å². The quantitative estimate of drug-likeness (QED) is 0.644. The largest absolute Gasteiger partial charge is 0.462 e. The van der Waals surface area contributed by atoms with Crippen LogP contribution >= 0.6 is 11.3 Å². The Kier molecular flexibility index (Phi) is 5.89. The highest BCUT2D eigenvalue weighted by molar-refractivity contribution is 7.20. The number of esters is 1. The number of carbonyl (C=O) groups is 2. The molecule has 3 rings (SSSR count). The van der Waals surface area contributed by atoms with Crippen LogP contribution in [0.5, 0.6) is 0 Å². The van der Waals surface area contributed by atoms with Crippen molar-refractivity contribution < 1.29 is 14.3 Å². The summed E-state index contributed by atoms with van der Waals surface area (Å²) in [5.74, 6) is -0.757. The molecule has 8 heteroatoms. The molecule has 0 spiro atoms. The smallest absolute Gasteiger partial charge is 0.348 e. The van der Waals surface area contributed by atoms with Crippen LogP contribution in [0.1, 0.15) is 33.3 Å². The average Bonchev–Trinajstić information content (AvgIpc) is 3.01. The number of hydrogen-bond donors (Lipinski definition) is 1. The van der Waals surface area contributed by atoms with Gasteiger partial charge in [0.05, 0.1) is 18.3 Å². The molecule has 0 aliphatic rings. The third-order valence-corrected chi connectivity index (χ3v) is 5.48. The number of benzene rings is 1. The van der Waals surface area contributed by atoms with Crippen LogP contribution in [-0.4, -0.2) is 28.0 Å². The maximum atomic E-state index is 12.8. The van der Waals surface area contributed by atoms with Gasteiger partial charge in [-0.2, -0.15) is 0 Å². The number of carbonyl (C=O) groups excluding carboxylic acids is 2. The highest BCUT2D eigenvalue weighted by Crippen LogP contribution is 2.27. The molecule has 0 radical (unpaired) electrons. The van der Waals surface area contributed by atoms with Gasteiger partial charge in [-0.15, -0.1) is 11.3 Å². The summed E-state index contributed by atoms with van der Waals surface area (Å²) < 4.78 is 6.28. The minimum atomic E-state index is -0.468. The first-order valence-corrected chi connectivity index (χ1v) is 9.70. The van der Waals surface area contributed by atoms with Crippen LogP contribution in [0.3, 0.4) is 0 Å². The number of nitrogens with one attached hydrogen (secondary N) is 1. The van der Waals surface area contributed by atoms with Crippen LogP contribution in [-0.2, 0) is 22.6 Å². The average molecular weight is 399 g/mol. The summed E-state index contributed by atoms with van der Waals surface area (Å²) in [4.78, 5) is 42.1. The number of rotatable bonds is 6. The zero-order chi connectivity index (χ0) is 20.3. The van der Waals surface area contributed by atoms with E-state index in [-0.39, 0.29) is 24.6 Å². The summed E-state index contributed by atoms with van der Waals surface area (Å²) in [5.41, 5.74) is 2.31. The molecule has 0 aliphatic heterocycles. The van der Waals surface area contributed by atoms with E-state index >= 15 is 0 Å². The van der Waals surface area contributed by atoms with Crippen molar-refractivity contribution in [3.63, 3.8) is 0 Å². The topological polar surface area (TPSA) is 90.3 Å². The molecule has 0 saturated heterocycles. The Labute approximate surface area is 166 Å². The highest BCUT2D eigenvalue weighted by Gasteiger charge is 2.20. The first-order chi connectivity index (χ1) is 13.4. The second kappa shape index (κ2) is 8.35. The Morgan fingerprint density at radius 3 is 2.61 bits per heavy atom. The molecule has 0 unspecified atom stereocenters. The summed E-state index contributed by atoms with van der Waals surface area (Å²) in [5, 5.41) is 3.15. The van der Waals surface area contributed by atoms with Crippen molar-refractivity contribution in [2.75, 3.05) is 6.61 Å². The zero-order valence-corrected chi connectivity index (χ0v) is 16.8. The summed E-state index contributed by atoms with van der Waals surface area (Å²) in [6.45, 7) is 5.91. The van der Waals surface area contributed by atoms with Crippen molar-refractivity contribution in [1.82, 2.24) is 14.9 Å². The van der Waals surface area contributed by atoms with E-state index in [1.54, 1.807) is 13.8 Å². The third kappa shape index (κ3) is 4.12. The van der Waals surface area contributed by atoms with Gasteiger partial charge in [0.2, 0.25) is 5.91 Å². The van der Waals surface area contributed by atoms with Crippen LogP contribution in [0.4, 0.5) is 0 Å². The molecular weight excluding hydrogens is 378 g/mol. The minimum absolute atomic E-state index is 0.141.